The lowest BCUT2D eigenvalue weighted by atomic mass is 10.3. The van der Waals surface area contributed by atoms with Crippen molar-refractivity contribution >= 4 is 33.2 Å². The van der Waals surface area contributed by atoms with Crippen LogP contribution in [0.5, 0.6) is 0 Å². The minimum absolute atomic E-state index is 0.543. The van der Waals surface area contributed by atoms with Crippen LogP contribution in [0.2, 0.25) is 0 Å². The van der Waals surface area contributed by atoms with Crippen LogP contribution in [0.1, 0.15) is 17.2 Å². The molecule has 2 N–H and O–H groups in total. The summed E-state index contributed by atoms with van der Waals surface area (Å²) in [5, 5.41) is 6.41. The molecule has 0 aromatic carbocycles. The predicted octanol–water partition coefficient (Wildman–Crippen LogP) is 2.16. The molecule has 5 heteroatoms. The maximum Gasteiger partial charge on any atom is 0.190 e. The molecule has 1 aliphatic carbocycles. The topological polar surface area (TPSA) is 36.4 Å². The van der Waals surface area contributed by atoms with Gasteiger partial charge in [-0.05, 0) is 34.5 Å². The summed E-state index contributed by atoms with van der Waals surface area (Å²) in [7, 11) is 3.67. The Labute approximate surface area is 102 Å². The summed E-state index contributed by atoms with van der Waals surface area (Å²) in [6.07, 6.45) is 1.20. The molecule has 2 rings (SSSR count). The molecule has 1 aromatic rings. The normalized spacial score (nSPS) is 25.1. The van der Waals surface area contributed by atoms with Crippen LogP contribution in [0.25, 0.3) is 0 Å². The number of guanidine groups is 1. The zero-order chi connectivity index (χ0) is 10.8. The van der Waals surface area contributed by atoms with Gasteiger partial charge in [0, 0.05) is 30.9 Å². The second kappa shape index (κ2) is 4.53. The lowest BCUT2D eigenvalue weighted by molar-refractivity contribution is 0.836. The van der Waals surface area contributed by atoms with E-state index in [9.17, 15) is 0 Å². The Morgan fingerprint density at radius 3 is 2.93 bits per heavy atom. The Morgan fingerprint density at radius 2 is 2.40 bits per heavy atom. The summed E-state index contributed by atoms with van der Waals surface area (Å²) in [6.45, 7) is 0. The van der Waals surface area contributed by atoms with Crippen LogP contribution in [0.4, 0.5) is 0 Å². The van der Waals surface area contributed by atoms with Crippen LogP contribution in [0.15, 0.2) is 20.9 Å². The summed E-state index contributed by atoms with van der Waals surface area (Å²) in [6, 6.07) is 4.85. The molecule has 0 aliphatic heterocycles. The van der Waals surface area contributed by atoms with Crippen molar-refractivity contribution in [3.8, 4) is 0 Å². The van der Waals surface area contributed by atoms with E-state index in [0.717, 1.165) is 5.96 Å². The lowest BCUT2D eigenvalue weighted by Crippen LogP contribution is -2.36. The molecule has 2 atom stereocenters. The molecule has 1 aromatic heterocycles. The molecule has 1 fully saturated rings. The van der Waals surface area contributed by atoms with E-state index in [1.165, 1.54) is 15.1 Å². The maximum atomic E-state index is 4.11. The van der Waals surface area contributed by atoms with Crippen LogP contribution in [0.3, 0.4) is 0 Å². The van der Waals surface area contributed by atoms with E-state index in [2.05, 4.69) is 43.7 Å². The Bertz CT molecular complexity index is 374. The van der Waals surface area contributed by atoms with Crippen molar-refractivity contribution in [2.75, 3.05) is 14.1 Å². The van der Waals surface area contributed by atoms with E-state index in [0.29, 0.717) is 12.0 Å². The third kappa shape index (κ3) is 2.52. The van der Waals surface area contributed by atoms with E-state index in [-0.39, 0.29) is 0 Å². The van der Waals surface area contributed by atoms with Crippen LogP contribution in [-0.2, 0) is 0 Å². The molecule has 3 nitrogen and oxygen atoms in total. The standard InChI is InChI=1S/C10H14BrN3S/c1-12-10(13-2)14-7-5-6(7)8-3-4-9(11)15-8/h3-4,6-7H,5H2,1-2H3,(H2,12,13,14)/t6-,7-/m1/s1. The van der Waals surface area contributed by atoms with Gasteiger partial charge in [-0.2, -0.15) is 0 Å². The molecule has 1 heterocycles. The van der Waals surface area contributed by atoms with Gasteiger partial charge in [-0.15, -0.1) is 11.3 Å². The molecule has 82 valence electrons. The van der Waals surface area contributed by atoms with Crippen LogP contribution < -0.4 is 10.6 Å². The van der Waals surface area contributed by atoms with Gasteiger partial charge in [0.05, 0.1) is 3.79 Å². The van der Waals surface area contributed by atoms with E-state index in [1.54, 1.807) is 7.05 Å². The number of halogens is 1. The van der Waals surface area contributed by atoms with Gasteiger partial charge in [-0.25, -0.2) is 0 Å². The fraction of sp³-hybridized carbons (Fsp3) is 0.500. The number of hydrogen-bond acceptors (Lipinski definition) is 2. The highest BCUT2D eigenvalue weighted by Crippen LogP contribution is 2.44. The van der Waals surface area contributed by atoms with Crippen molar-refractivity contribution in [3.05, 3.63) is 20.8 Å². The average Bonchev–Trinajstić information content (AvgIpc) is 2.88. The molecule has 0 spiro atoms. The molecule has 0 amide bonds. The molecule has 1 aliphatic rings. The third-order valence-corrected chi connectivity index (χ3v) is 4.29. The summed E-state index contributed by atoms with van der Waals surface area (Å²) in [4.78, 5) is 5.56. The molecule has 0 saturated heterocycles. The molecule has 0 bridgehead atoms. The van der Waals surface area contributed by atoms with Gasteiger partial charge < -0.3 is 10.6 Å². The van der Waals surface area contributed by atoms with Gasteiger partial charge in [-0.1, -0.05) is 0 Å². The van der Waals surface area contributed by atoms with Gasteiger partial charge in [0.1, 0.15) is 0 Å². The van der Waals surface area contributed by atoms with Gasteiger partial charge in [-0.3, -0.25) is 4.99 Å². The van der Waals surface area contributed by atoms with Crippen molar-refractivity contribution in [1.29, 1.82) is 0 Å². The Hall–Kier alpha value is -0.550. The van der Waals surface area contributed by atoms with E-state index in [4.69, 9.17) is 0 Å². The highest BCUT2D eigenvalue weighted by Gasteiger charge is 2.39. The molecule has 0 unspecified atom stereocenters. The quantitative estimate of drug-likeness (QED) is 0.646. The smallest absolute Gasteiger partial charge is 0.190 e. The minimum atomic E-state index is 0.543. The molecule has 15 heavy (non-hydrogen) atoms. The van der Waals surface area contributed by atoms with Crippen molar-refractivity contribution in [3.63, 3.8) is 0 Å². The van der Waals surface area contributed by atoms with Gasteiger partial charge in [0.2, 0.25) is 0 Å². The fourth-order valence-electron chi connectivity index (χ4n) is 1.62. The highest BCUT2D eigenvalue weighted by atomic mass is 79.9. The molecule has 0 radical (unpaired) electrons. The van der Waals surface area contributed by atoms with Crippen molar-refractivity contribution in [2.45, 2.75) is 18.4 Å². The van der Waals surface area contributed by atoms with Gasteiger partial charge in [0.15, 0.2) is 5.96 Å². The Kier molecular flexibility index (Phi) is 3.31. The predicted molar refractivity (Wildman–Crippen MR) is 68.7 cm³/mol. The van der Waals surface area contributed by atoms with E-state index >= 15 is 0 Å². The average molecular weight is 288 g/mol. The van der Waals surface area contributed by atoms with Crippen molar-refractivity contribution < 1.29 is 0 Å². The second-order valence-electron chi connectivity index (χ2n) is 3.56. The van der Waals surface area contributed by atoms with Crippen molar-refractivity contribution in [2.24, 2.45) is 4.99 Å². The molecule has 1 saturated carbocycles. The molecular formula is C10H14BrN3S. The summed E-state index contributed by atoms with van der Waals surface area (Å²) < 4.78 is 1.21. The maximum absolute atomic E-state index is 4.11. The summed E-state index contributed by atoms with van der Waals surface area (Å²) in [5.74, 6) is 1.53. The minimum Gasteiger partial charge on any atom is -0.359 e. The number of thiophene rings is 1. The van der Waals surface area contributed by atoms with Gasteiger partial charge in [0.25, 0.3) is 0 Å². The first-order valence-electron chi connectivity index (χ1n) is 4.91. The zero-order valence-corrected chi connectivity index (χ0v) is 11.2. The van der Waals surface area contributed by atoms with Crippen molar-refractivity contribution in [1.82, 2.24) is 10.6 Å². The monoisotopic (exact) mass is 287 g/mol. The first-order chi connectivity index (χ1) is 7.24. The largest absolute Gasteiger partial charge is 0.359 e. The molecular weight excluding hydrogens is 274 g/mol. The Balaban J connectivity index is 1.91. The first-order valence-corrected chi connectivity index (χ1v) is 6.52. The van der Waals surface area contributed by atoms with Gasteiger partial charge >= 0.3 is 0 Å². The first kappa shape index (κ1) is 11.0. The zero-order valence-electron chi connectivity index (χ0n) is 8.75. The van der Waals surface area contributed by atoms with Crippen LogP contribution in [-0.4, -0.2) is 26.1 Å². The number of aliphatic imine (C=N–C) groups is 1. The lowest BCUT2D eigenvalue weighted by Gasteiger charge is -2.06. The van der Waals surface area contributed by atoms with Crippen LogP contribution >= 0.6 is 27.3 Å². The number of rotatable bonds is 2. The summed E-state index contributed by atoms with van der Waals surface area (Å²) in [5.41, 5.74) is 0. The van der Waals surface area contributed by atoms with E-state index < -0.39 is 0 Å². The highest BCUT2D eigenvalue weighted by molar-refractivity contribution is 9.11. The van der Waals surface area contributed by atoms with Crippen LogP contribution in [0, 0.1) is 0 Å². The second-order valence-corrected chi connectivity index (χ2v) is 6.05. The SMILES string of the molecule is CN=C(NC)N[C@@H]1C[C@H]1c1ccc(Br)s1. The van der Waals surface area contributed by atoms with E-state index in [1.807, 2.05) is 18.4 Å². The third-order valence-electron chi connectivity index (χ3n) is 2.53. The fourth-order valence-corrected chi connectivity index (χ4v) is 3.22. The summed E-state index contributed by atoms with van der Waals surface area (Å²) >= 11 is 5.31. The number of nitrogens with one attached hydrogen (secondary N) is 2. The number of nitrogens with zero attached hydrogens (tertiary/aromatic N) is 1. The number of hydrogen-bond donors (Lipinski definition) is 2. The Morgan fingerprint density at radius 1 is 1.60 bits per heavy atom.